The lowest BCUT2D eigenvalue weighted by Crippen LogP contribution is -2.04. The van der Waals surface area contributed by atoms with Crippen molar-refractivity contribution in [3.05, 3.63) is 29.8 Å². The predicted octanol–water partition coefficient (Wildman–Crippen LogP) is 2.01. The Labute approximate surface area is 93.4 Å². The van der Waals surface area contributed by atoms with E-state index in [9.17, 15) is 9.90 Å². The van der Waals surface area contributed by atoms with Crippen molar-refractivity contribution in [1.29, 1.82) is 0 Å². The van der Waals surface area contributed by atoms with Crippen molar-refractivity contribution in [3.8, 4) is 0 Å². The molecule has 0 aliphatic heterocycles. The summed E-state index contributed by atoms with van der Waals surface area (Å²) in [6.07, 6.45) is -0.522. The quantitative estimate of drug-likeness (QED) is 0.630. The van der Waals surface area contributed by atoms with Gasteiger partial charge in [0.25, 0.3) is 0 Å². The molecule has 0 aliphatic carbocycles. The van der Waals surface area contributed by atoms with E-state index in [0.29, 0.717) is 0 Å². The molecular formula is C11H14O3S. The minimum absolute atomic E-state index is 0.264. The molecule has 0 radical (unpaired) electrons. The molecule has 0 fully saturated rings. The first kappa shape index (κ1) is 12.1. The highest BCUT2D eigenvalue weighted by atomic mass is 32.2. The molecular weight excluding hydrogens is 212 g/mol. The van der Waals surface area contributed by atoms with E-state index in [-0.39, 0.29) is 11.7 Å². The number of hydrogen-bond acceptors (Lipinski definition) is 4. The average molecular weight is 226 g/mol. The van der Waals surface area contributed by atoms with Gasteiger partial charge in [0.2, 0.25) is 0 Å². The molecule has 1 atom stereocenters. The van der Waals surface area contributed by atoms with E-state index < -0.39 is 6.10 Å². The number of ether oxygens (including phenoxy) is 1. The van der Waals surface area contributed by atoms with Crippen molar-refractivity contribution in [2.75, 3.05) is 12.9 Å². The van der Waals surface area contributed by atoms with Gasteiger partial charge in [0, 0.05) is 4.90 Å². The van der Waals surface area contributed by atoms with Crippen molar-refractivity contribution in [1.82, 2.24) is 0 Å². The van der Waals surface area contributed by atoms with Crippen molar-refractivity contribution in [2.24, 2.45) is 0 Å². The zero-order valence-corrected chi connectivity index (χ0v) is 9.58. The Morgan fingerprint density at radius 3 is 2.80 bits per heavy atom. The van der Waals surface area contributed by atoms with Gasteiger partial charge in [0.1, 0.15) is 0 Å². The molecule has 0 unspecified atom stereocenters. The first-order valence-electron chi connectivity index (χ1n) is 4.61. The molecule has 0 spiro atoms. The molecule has 82 valence electrons. The summed E-state index contributed by atoms with van der Waals surface area (Å²) in [7, 11) is 1.36. The van der Waals surface area contributed by atoms with Crippen LogP contribution in [0.2, 0.25) is 0 Å². The Hall–Kier alpha value is -1.00. The van der Waals surface area contributed by atoms with Gasteiger partial charge in [-0.05, 0) is 18.6 Å². The number of thioether (sulfide) groups is 1. The van der Waals surface area contributed by atoms with E-state index in [1.54, 1.807) is 6.92 Å². The number of benzene rings is 1. The number of aliphatic hydroxyl groups excluding tert-OH is 1. The van der Waals surface area contributed by atoms with Gasteiger partial charge in [-0.25, -0.2) is 0 Å². The van der Waals surface area contributed by atoms with Crippen LogP contribution in [-0.2, 0) is 9.53 Å². The van der Waals surface area contributed by atoms with E-state index in [2.05, 4.69) is 4.74 Å². The van der Waals surface area contributed by atoms with Gasteiger partial charge in [-0.15, -0.1) is 11.8 Å². The van der Waals surface area contributed by atoms with Gasteiger partial charge in [0.05, 0.1) is 19.0 Å². The molecule has 0 amide bonds. The third-order valence-electron chi connectivity index (χ3n) is 1.94. The number of esters is 1. The summed E-state index contributed by atoms with van der Waals surface area (Å²) in [6, 6.07) is 7.48. The maximum Gasteiger partial charge on any atom is 0.315 e. The van der Waals surface area contributed by atoms with Crippen molar-refractivity contribution in [2.45, 2.75) is 17.9 Å². The number of carbonyl (C=O) groups is 1. The van der Waals surface area contributed by atoms with Crippen molar-refractivity contribution in [3.63, 3.8) is 0 Å². The molecule has 3 nitrogen and oxygen atoms in total. The summed E-state index contributed by atoms with van der Waals surface area (Å²) in [6.45, 7) is 1.71. The van der Waals surface area contributed by atoms with E-state index in [0.717, 1.165) is 10.5 Å². The zero-order valence-electron chi connectivity index (χ0n) is 8.77. The number of rotatable bonds is 4. The van der Waals surface area contributed by atoms with Gasteiger partial charge in [-0.1, -0.05) is 18.2 Å². The Kier molecular flexibility index (Phi) is 4.65. The molecule has 1 aromatic carbocycles. The molecule has 4 heteroatoms. The minimum atomic E-state index is -0.522. The summed E-state index contributed by atoms with van der Waals surface area (Å²) in [5, 5.41) is 9.50. The molecule has 1 N–H and O–H groups in total. The summed E-state index contributed by atoms with van der Waals surface area (Å²) < 4.78 is 4.55. The normalized spacial score (nSPS) is 12.2. The molecule has 1 aromatic rings. The van der Waals surface area contributed by atoms with Crippen molar-refractivity contribution < 1.29 is 14.6 Å². The highest BCUT2D eigenvalue weighted by Crippen LogP contribution is 2.27. The predicted molar refractivity (Wildman–Crippen MR) is 59.8 cm³/mol. The Morgan fingerprint density at radius 2 is 2.20 bits per heavy atom. The fourth-order valence-corrected chi connectivity index (χ4v) is 2.12. The Balaban J connectivity index is 2.71. The lowest BCUT2D eigenvalue weighted by molar-refractivity contribution is -0.137. The fourth-order valence-electron chi connectivity index (χ4n) is 1.15. The highest BCUT2D eigenvalue weighted by molar-refractivity contribution is 8.00. The van der Waals surface area contributed by atoms with Crippen LogP contribution in [-0.4, -0.2) is 23.9 Å². The third kappa shape index (κ3) is 3.57. The number of carbonyl (C=O) groups excluding carboxylic acids is 1. The number of methoxy groups -OCH3 is 1. The second-order valence-corrected chi connectivity index (χ2v) is 4.10. The van der Waals surface area contributed by atoms with Crippen LogP contribution in [0.15, 0.2) is 29.2 Å². The van der Waals surface area contributed by atoms with Crippen LogP contribution in [0.5, 0.6) is 0 Å². The van der Waals surface area contributed by atoms with Gasteiger partial charge in [-0.2, -0.15) is 0 Å². The van der Waals surface area contributed by atoms with Gasteiger partial charge in [0.15, 0.2) is 0 Å². The fraction of sp³-hybridized carbons (Fsp3) is 0.364. The van der Waals surface area contributed by atoms with Crippen LogP contribution < -0.4 is 0 Å². The lowest BCUT2D eigenvalue weighted by atomic mass is 10.1. The van der Waals surface area contributed by atoms with Crippen LogP contribution >= 0.6 is 11.8 Å². The number of hydrogen-bond donors (Lipinski definition) is 1. The second-order valence-electron chi connectivity index (χ2n) is 3.08. The molecule has 0 aromatic heterocycles. The molecule has 0 saturated heterocycles. The third-order valence-corrected chi connectivity index (χ3v) is 3.01. The molecule has 0 bridgehead atoms. The van der Waals surface area contributed by atoms with Crippen molar-refractivity contribution >= 4 is 17.7 Å². The molecule has 1 rings (SSSR count). The summed E-state index contributed by atoms with van der Waals surface area (Å²) in [5.41, 5.74) is 0.839. The summed E-state index contributed by atoms with van der Waals surface area (Å²) >= 11 is 1.37. The van der Waals surface area contributed by atoms with Gasteiger partial charge >= 0.3 is 5.97 Å². The van der Waals surface area contributed by atoms with E-state index in [4.69, 9.17) is 0 Å². The molecule has 0 heterocycles. The largest absolute Gasteiger partial charge is 0.468 e. The first-order valence-corrected chi connectivity index (χ1v) is 5.60. The smallest absolute Gasteiger partial charge is 0.315 e. The zero-order chi connectivity index (χ0) is 11.3. The van der Waals surface area contributed by atoms with E-state index in [1.807, 2.05) is 24.3 Å². The Morgan fingerprint density at radius 1 is 1.53 bits per heavy atom. The van der Waals surface area contributed by atoms with Gasteiger partial charge < -0.3 is 9.84 Å². The second kappa shape index (κ2) is 5.78. The summed E-state index contributed by atoms with van der Waals surface area (Å²) in [5.74, 6) is 0.000598. The number of aliphatic hydroxyl groups is 1. The molecule has 15 heavy (non-hydrogen) atoms. The highest BCUT2D eigenvalue weighted by Gasteiger charge is 2.09. The summed E-state index contributed by atoms with van der Waals surface area (Å²) in [4.78, 5) is 11.9. The Bertz CT molecular complexity index is 336. The molecule has 0 saturated carbocycles. The van der Waals surface area contributed by atoms with Crippen LogP contribution in [0, 0.1) is 0 Å². The standard InChI is InChI=1S/C11H14O3S/c1-8(12)9-5-3-4-6-10(9)15-7-11(13)14-2/h3-6,8,12H,7H2,1-2H3/t8-/m0/s1. The first-order chi connectivity index (χ1) is 7.15. The van der Waals surface area contributed by atoms with Crippen LogP contribution in [0.25, 0.3) is 0 Å². The minimum Gasteiger partial charge on any atom is -0.468 e. The van der Waals surface area contributed by atoms with E-state index in [1.165, 1.54) is 18.9 Å². The topological polar surface area (TPSA) is 46.5 Å². The SMILES string of the molecule is COC(=O)CSc1ccccc1[C@H](C)O. The van der Waals surface area contributed by atoms with Gasteiger partial charge in [-0.3, -0.25) is 4.79 Å². The van der Waals surface area contributed by atoms with Crippen LogP contribution in [0.3, 0.4) is 0 Å². The van der Waals surface area contributed by atoms with Crippen LogP contribution in [0.4, 0.5) is 0 Å². The average Bonchev–Trinajstić information content (AvgIpc) is 2.26. The maximum absolute atomic E-state index is 11.0. The monoisotopic (exact) mass is 226 g/mol. The lowest BCUT2D eigenvalue weighted by Gasteiger charge is -2.10. The maximum atomic E-state index is 11.0. The van der Waals surface area contributed by atoms with Crippen LogP contribution in [0.1, 0.15) is 18.6 Å². The van der Waals surface area contributed by atoms with E-state index >= 15 is 0 Å². The molecule has 0 aliphatic rings.